The lowest BCUT2D eigenvalue weighted by atomic mass is 9.95. The molecular weight excluding hydrogens is 304 g/mol. The van der Waals surface area contributed by atoms with Crippen molar-refractivity contribution >= 4 is 0 Å². The lowest BCUT2D eigenvalue weighted by Gasteiger charge is -2.37. The molecule has 0 unspecified atom stereocenters. The number of aromatic nitrogens is 2. The van der Waals surface area contributed by atoms with Crippen LogP contribution in [0.3, 0.4) is 0 Å². The predicted octanol–water partition coefficient (Wildman–Crippen LogP) is 2.47. The van der Waals surface area contributed by atoms with E-state index < -0.39 is 0 Å². The van der Waals surface area contributed by atoms with E-state index in [1.54, 1.807) is 0 Å². The minimum absolute atomic E-state index is 0.0629. The average Bonchev–Trinajstić information content (AvgIpc) is 3.06. The number of hydrogen-bond acceptors (Lipinski definition) is 6. The Bertz CT molecular complexity index is 511. The zero-order chi connectivity index (χ0) is 17.2. The first-order valence-electron chi connectivity index (χ1n) is 9.31. The Balaban J connectivity index is 1.49. The Morgan fingerprint density at radius 1 is 1.12 bits per heavy atom. The molecule has 24 heavy (non-hydrogen) atoms. The molecule has 0 radical (unpaired) electrons. The molecule has 2 aliphatic heterocycles. The van der Waals surface area contributed by atoms with Crippen molar-refractivity contribution in [1.29, 1.82) is 0 Å². The first-order chi connectivity index (χ1) is 11.4. The Kier molecular flexibility index (Phi) is 5.57. The van der Waals surface area contributed by atoms with Crippen molar-refractivity contribution in [2.75, 3.05) is 45.9 Å². The SMILES string of the molecule is C[C@H](c1nc(C(C)(C)C)no1)N1CCC(CN2CCOCC2)CC1. The number of ether oxygens (including phenoxy) is 1. The van der Waals surface area contributed by atoms with Gasteiger partial charge in [0.05, 0.1) is 19.3 Å². The summed E-state index contributed by atoms with van der Waals surface area (Å²) < 4.78 is 11.0. The Morgan fingerprint density at radius 2 is 1.79 bits per heavy atom. The molecule has 6 nitrogen and oxygen atoms in total. The zero-order valence-corrected chi connectivity index (χ0v) is 15.6. The number of morpholine rings is 1. The molecule has 3 rings (SSSR count). The molecule has 0 aromatic carbocycles. The molecule has 1 aromatic heterocycles. The van der Waals surface area contributed by atoms with E-state index in [-0.39, 0.29) is 11.5 Å². The fourth-order valence-corrected chi connectivity index (χ4v) is 3.54. The third kappa shape index (κ3) is 4.35. The summed E-state index contributed by atoms with van der Waals surface area (Å²) in [4.78, 5) is 9.67. The van der Waals surface area contributed by atoms with Crippen LogP contribution in [0.4, 0.5) is 0 Å². The van der Waals surface area contributed by atoms with Gasteiger partial charge in [-0.15, -0.1) is 0 Å². The molecule has 2 aliphatic rings. The molecule has 0 aliphatic carbocycles. The number of rotatable bonds is 4. The topological polar surface area (TPSA) is 54.6 Å². The lowest BCUT2D eigenvalue weighted by Crippen LogP contribution is -2.43. The highest BCUT2D eigenvalue weighted by Crippen LogP contribution is 2.28. The van der Waals surface area contributed by atoms with Gasteiger partial charge >= 0.3 is 0 Å². The van der Waals surface area contributed by atoms with Crippen LogP contribution < -0.4 is 0 Å². The third-order valence-corrected chi connectivity index (χ3v) is 5.29. The quantitative estimate of drug-likeness (QED) is 0.842. The van der Waals surface area contributed by atoms with E-state index in [4.69, 9.17) is 9.26 Å². The van der Waals surface area contributed by atoms with Crippen molar-refractivity contribution in [2.45, 2.75) is 52.0 Å². The van der Waals surface area contributed by atoms with Gasteiger partial charge in [-0.1, -0.05) is 25.9 Å². The van der Waals surface area contributed by atoms with Crippen LogP contribution in [-0.4, -0.2) is 65.9 Å². The average molecular weight is 336 g/mol. The molecule has 1 atom stereocenters. The summed E-state index contributed by atoms with van der Waals surface area (Å²) in [5.41, 5.74) is -0.0629. The van der Waals surface area contributed by atoms with Gasteiger partial charge in [0.2, 0.25) is 5.89 Å². The first-order valence-corrected chi connectivity index (χ1v) is 9.31. The molecule has 0 spiro atoms. The van der Waals surface area contributed by atoms with Crippen molar-refractivity contribution in [3.05, 3.63) is 11.7 Å². The second-order valence-electron chi connectivity index (χ2n) is 8.27. The number of likely N-dealkylation sites (tertiary alicyclic amines) is 1. The number of nitrogens with zero attached hydrogens (tertiary/aromatic N) is 4. The Morgan fingerprint density at radius 3 is 2.38 bits per heavy atom. The van der Waals surface area contributed by atoms with Crippen molar-refractivity contribution in [1.82, 2.24) is 19.9 Å². The van der Waals surface area contributed by atoms with Gasteiger partial charge in [0, 0.05) is 25.0 Å². The highest BCUT2D eigenvalue weighted by atomic mass is 16.5. The van der Waals surface area contributed by atoms with Crippen LogP contribution >= 0.6 is 0 Å². The fraction of sp³-hybridized carbons (Fsp3) is 0.889. The summed E-state index contributed by atoms with van der Waals surface area (Å²) in [6, 6.07) is 0.206. The highest BCUT2D eigenvalue weighted by Gasteiger charge is 2.29. The van der Waals surface area contributed by atoms with Crippen LogP contribution in [0.25, 0.3) is 0 Å². The molecule has 136 valence electrons. The third-order valence-electron chi connectivity index (χ3n) is 5.29. The fourth-order valence-electron chi connectivity index (χ4n) is 3.54. The normalized spacial score (nSPS) is 23.5. The van der Waals surface area contributed by atoms with Crippen molar-refractivity contribution < 1.29 is 9.26 Å². The second kappa shape index (κ2) is 7.50. The molecule has 0 bridgehead atoms. The summed E-state index contributed by atoms with van der Waals surface area (Å²) in [6.45, 7) is 15.9. The molecule has 6 heteroatoms. The predicted molar refractivity (Wildman–Crippen MR) is 93.0 cm³/mol. The molecular formula is C18H32N4O2. The van der Waals surface area contributed by atoms with E-state index >= 15 is 0 Å². The zero-order valence-electron chi connectivity index (χ0n) is 15.6. The maximum atomic E-state index is 5.53. The number of hydrogen-bond donors (Lipinski definition) is 0. The van der Waals surface area contributed by atoms with Crippen LogP contribution in [0, 0.1) is 5.92 Å². The molecule has 0 amide bonds. The largest absolute Gasteiger partial charge is 0.379 e. The van der Waals surface area contributed by atoms with Crippen LogP contribution in [0.1, 0.15) is 58.3 Å². The monoisotopic (exact) mass is 336 g/mol. The van der Waals surface area contributed by atoms with E-state index in [1.807, 2.05) is 0 Å². The van der Waals surface area contributed by atoms with Gasteiger partial charge in [-0.25, -0.2) is 0 Å². The second-order valence-corrected chi connectivity index (χ2v) is 8.27. The molecule has 1 aromatic rings. The first kappa shape index (κ1) is 17.8. The molecule has 0 saturated carbocycles. The summed E-state index contributed by atoms with van der Waals surface area (Å²) >= 11 is 0. The van der Waals surface area contributed by atoms with Crippen LogP contribution in [0.15, 0.2) is 4.52 Å². The van der Waals surface area contributed by atoms with Gasteiger partial charge in [-0.05, 0) is 38.8 Å². The van der Waals surface area contributed by atoms with Crippen LogP contribution in [0.5, 0.6) is 0 Å². The van der Waals surface area contributed by atoms with Crippen molar-refractivity contribution in [3.63, 3.8) is 0 Å². The summed E-state index contributed by atoms with van der Waals surface area (Å²) in [6.07, 6.45) is 2.50. The molecule has 0 N–H and O–H groups in total. The Labute approximate surface area is 145 Å². The molecule has 3 heterocycles. The van der Waals surface area contributed by atoms with E-state index in [0.717, 1.165) is 57.0 Å². The lowest BCUT2D eigenvalue weighted by molar-refractivity contribution is 0.0217. The van der Waals surface area contributed by atoms with Gasteiger partial charge in [-0.2, -0.15) is 4.98 Å². The van der Waals surface area contributed by atoms with Gasteiger partial charge in [-0.3, -0.25) is 9.80 Å². The van der Waals surface area contributed by atoms with Crippen molar-refractivity contribution in [2.24, 2.45) is 5.92 Å². The van der Waals surface area contributed by atoms with Gasteiger partial charge in [0.1, 0.15) is 0 Å². The Hall–Kier alpha value is -0.980. The summed E-state index contributed by atoms with van der Waals surface area (Å²) in [7, 11) is 0. The van der Waals surface area contributed by atoms with E-state index in [1.165, 1.54) is 19.4 Å². The van der Waals surface area contributed by atoms with Crippen LogP contribution in [0.2, 0.25) is 0 Å². The van der Waals surface area contributed by atoms with Gasteiger partial charge < -0.3 is 9.26 Å². The van der Waals surface area contributed by atoms with E-state index in [2.05, 4.69) is 47.6 Å². The van der Waals surface area contributed by atoms with E-state index in [0.29, 0.717) is 0 Å². The molecule has 2 fully saturated rings. The minimum Gasteiger partial charge on any atom is -0.379 e. The smallest absolute Gasteiger partial charge is 0.243 e. The number of piperidine rings is 1. The summed E-state index contributed by atoms with van der Waals surface area (Å²) in [5.74, 6) is 2.36. The standard InChI is InChI=1S/C18H32N4O2/c1-14(16-19-17(20-24-16)18(2,3)4)22-7-5-15(6-8-22)13-21-9-11-23-12-10-21/h14-15H,5-13H2,1-4H3/t14-/m1/s1. The maximum Gasteiger partial charge on any atom is 0.243 e. The molecule has 2 saturated heterocycles. The van der Waals surface area contributed by atoms with Gasteiger partial charge in [0.25, 0.3) is 0 Å². The van der Waals surface area contributed by atoms with Crippen LogP contribution in [-0.2, 0) is 10.2 Å². The maximum absolute atomic E-state index is 5.53. The summed E-state index contributed by atoms with van der Waals surface area (Å²) in [5, 5.41) is 4.16. The minimum atomic E-state index is -0.0629. The van der Waals surface area contributed by atoms with Crippen molar-refractivity contribution in [3.8, 4) is 0 Å². The van der Waals surface area contributed by atoms with E-state index in [9.17, 15) is 0 Å². The highest BCUT2D eigenvalue weighted by molar-refractivity contribution is 5.02. The van der Waals surface area contributed by atoms with Gasteiger partial charge in [0.15, 0.2) is 5.82 Å².